The Hall–Kier alpha value is -2.71. The lowest BCUT2D eigenvalue weighted by molar-refractivity contribution is 0.355. The Bertz CT molecular complexity index is 879. The molecule has 0 saturated carbocycles. The second-order valence-corrected chi connectivity index (χ2v) is 7.65. The van der Waals surface area contributed by atoms with E-state index in [1.807, 2.05) is 36.4 Å². The molecule has 0 fully saturated rings. The van der Waals surface area contributed by atoms with Crippen LogP contribution in [0.25, 0.3) is 0 Å². The molecule has 0 aliphatic carbocycles. The number of benzene rings is 3. The average Bonchev–Trinajstić information content (AvgIpc) is 2.68. The Kier molecular flexibility index (Phi) is 5.11. The zero-order valence-corrected chi connectivity index (χ0v) is 15.0. The van der Waals surface area contributed by atoms with E-state index in [0.29, 0.717) is 27.9 Å². The van der Waals surface area contributed by atoms with E-state index in [-0.39, 0.29) is 0 Å². The van der Waals surface area contributed by atoms with Gasteiger partial charge in [-0.15, -0.1) is 0 Å². The zero-order valence-electron chi connectivity index (χ0n) is 14.1. The van der Waals surface area contributed by atoms with Gasteiger partial charge in [0.2, 0.25) is 0 Å². The van der Waals surface area contributed by atoms with E-state index in [0.717, 1.165) is 0 Å². The van der Waals surface area contributed by atoms with Crippen LogP contribution in [0.2, 0.25) is 0 Å². The smallest absolute Gasteiger partial charge is 0.306 e. The van der Waals surface area contributed by atoms with Crippen LogP contribution in [-0.4, -0.2) is 14.2 Å². The molecule has 3 rings (SSSR count). The molecular formula is C20H19O4P. The lowest BCUT2D eigenvalue weighted by atomic mass is 10.3. The number of methoxy groups -OCH3 is 2. The van der Waals surface area contributed by atoms with E-state index in [1.54, 1.807) is 56.7 Å². The molecule has 3 aromatic rings. The third kappa shape index (κ3) is 3.54. The number of rotatable bonds is 6. The van der Waals surface area contributed by atoms with Gasteiger partial charge in [0.15, 0.2) is 11.5 Å². The fourth-order valence-electron chi connectivity index (χ4n) is 2.52. The van der Waals surface area contributed by atoms with Crippen LogP contribution in [0.5, 0.6) is 17.2 Å². The Labute approximate surface area is 147 Å². The number of para-hydroxylation sites is 1. The fraction of sp³-hybridized carbons (Fsp3) is 0.100. The molecule has 0 bridgehead atoms. The molecule has 1 atom stereocenters. The third-order valence-electron chi connectivity index (χ3n) is 3.78. The summed E-state index contributed by atoms with van der Waals surface area (Å²) in [6, 6.07) is 23.5. The molecule has 5 heteroatoms. The third-order valence-corrected chi connectivity index (χ3v) is 6.18. The minimum atomic E-state index is -3.35. The van der Waals surface area contributed by atoms with Crippen molar-refractivity contribution in [2.45, 2.75) is 0 Å². The molecular weight excluding hydrogens is 335 g/mol. The van der Waals surface area contributed by atoms with Gasteiger partial charge >= 0.3 is 7.37 Å². The van der Waals surface area contributed by atoms with Crippen LogP contribution in [0.3, 0.4) is 0 Å². The quantitative estimate of drug-likeness (QED) is 0.628. The van der Waals surface area contributed by atoms with Crippen molar-refractivity contribution in [2.75, 3.05) is 14.2 Å². The number of hydrogen-bond acceptors (Lipinski definition) is 4. The first-order valence-electron chi connectivity index (χ1n) is 7.80. The molecule has 4 nitrogen and oxygen atoms in total. The summed E-state index contributed by atoms with van der Waals surface area (Å²) in [5.41, 5.74) is 0. The standard InChI is InChI=1S/C20H19O4P/c1-22-19-14-13-18(15-20(19)23-2)25(21,17-11-7-4-8-12-17)24-16-9-5-3-6-10-16/h3-15H,1-2H3. The highest BCUT2D eigenvalue weighted by Crippen LogP contribution is 2.46. The first kappa shape index (κ1) is 17.1. The normalized spacial score (nSPS) is 12.9. The maximum Gasteiger partial charge on any atom is 0.306 e. The van der Waals surface area contributed by atoms with Crippen molar-refractivity contribution >= 4 is 18.0 Å². The van der Waals surface area contributed by atoms with Gasteiger partial charge in [-0.2, -0.15) is 0 Å². The first-order valence-corrected chi connectivity index (χ1v) is 9.43. The first-order chi connectivity index (χ1) is 12.2. The largest absolute Gasteiger partial charge is 0.493 e. The van der Waals surface area contributed by atoms with Crippen LogP contribution < -0.4 is 24.6 Å². The summed E-state index contributed by atoms with van der Waals surface area (Å²) >= 11 is 0. The lowest BCUT2D eigenvalue weighted by Gasteiger charge is -2.21. The molecule has 0 radical (unpaired) electrons. The Morgan fingerprint density at radius 1 is 0.680 bits per heavy atom. The number of hydrogen-bond donors (Lipinski definition) is 0. The Balaban J connectivity index is 2.13. The van der Waals surface area contributed by atoms with E-state index in [2.05, 4.69) is 0 Å². The molecule has 128 valence electrons. The average molecular weight is 354 g/mol. The van der Waals surface area contributed by atoms with Crippen molar-refractivity contribution in [3.8, 4) is 17.2 Å². The SMILES string of the molecule is COc1ccc(P(=O)(Oc2ccccc2)c2ccccc2)cc1OC. The van der Waals surface area contributed by atoms with E-state index in [1.165, 1.54) is 0 Å². The van der Waals surface area contributed by atoms with Gasteiger partial charge in [-0.05, 0) is 42.5 Å². The van der Waals surface area contributed by atoms with Crippen LogP contribution in [0, 0.1) is 0 Å². The monoisotopic (exact) mass is 354 g/mol. The second-order valence-electron chi connectivity index (χ2n) is 5.33. The van der Waals surface area contributed by atoms with Gasteiger partial charge in [0.25, 0.3) is 0 Å². The van der Waals surface area contributed by atoms with Crippen molar-refractivity contribution in [3.63, 3.8) is 0 Å². The van der Waals surface area contributed by atoms with Crippen LogP contribution >= 0.6 is 7.37 Å². The minimum Gasteiger partial charge on any atom is -0.493 e. The highest BCUT2D eigenvalue weighted by atomic mass is 31.2. The van der Waals surface area contributed by atoms with Crippen molar-refractivity contribution in [1.82, 2.24) is 0 Å². The molecule has 0 aliphatic rings. The van der Waals surface area contributed by atoms with Crippen molar-refractivity contribution in [2.24, 2.45) is 0 Å². The summed E-state index contributed by atoms with van der Waals surface area (Å²) in [5.74, 6) is 1.63. The molecule has 0 aliphatic heterocycles. The zero-order chi connectivity index (χ0) is 17.7. The summed E-state index contributed by atoms with van der Waals surface area (Å²) < 4.78 is 30.6. The van der Waals surface area contributed by atoms with Crippen molar-refractivity contribution in [1.29, 1.82) is 0 Å². The van der Waals surface area contributed by atoms with Gasteiger partial charge in [-0.1, -0.05) is 36.4 Å². The van der Waals surface area contributed by atoms with Crippen LogP contribution in [0.4, 0.5) is 0 Å². The molecule has 0 amide bonds. The van der Waals surface area contributed by atoms with Crippen LogP contribution in [0.15, 0.2) is 78.9 Å². The Morgan fingerprint density at radius 3 is 1.88 bits per heavy atom. The molecule has 0 aromatic heterocycles. The minimum absolute atomic E-state index is 0.507. The summed E-state index contributed by atoms with van der Waals surface area (Å²) in [6.07, 6.45) is 0. The predicted octanol–water partition coefficient (Wildman–Crippen LogP) is 4.01. The summed E-state index contributed by atoms with van der Waals surface area (Å²) in [4.78, 5) is 0. The maximum atomic E-state index is 13.9. The molecule has 0 heterocycles. The Morgan fingerprint density at radius 2 is 1.28 bits per heavy atom. The van der Waals surface area contributed by atoms with E-state index in [4.69, 9.17) is 14.0 Å². The highest BCUT2D eigenvalue weighted by molar-refractivity contribution is 7.74. The summed E-state index contributed by atoms with van der Waals surface area (Å²) in [7, 11) is -0.239. The highest BCUT2D eigenvalue weighted by Gasteiger charge is 2.31. The molecule has 0 spiro atoms. The molecule has 3 aromatic carbocycles. The molecule has 0 N–H and O–H groups in total. The molecule has 25 heavy (non-hydrogen) atoms. The lowest BCUT2D eigenvalue weighted by Crippen LogP contribution is -2.20. The molecule has 0 saturated heterocycles. The van der Waals surface area contributed by atoms with Gasteiger partial charge in [0, 0.05) is 0 Å². The maximum absolute atomic E-state index is 13.9. The van der Waals surface area contributed by atoms with Crippen molar-refractivity contribution in [3.05, 3.63) is 78.9 Å². The van der Waals surface area contributed by atoms with Gasteiger partial charge < -0.3 is 14.0 Å². The fourth-order valence-corrected chi connectivity index (χ4v) is 4.57. The number of ether oxygens (including phenoxy) is 2. The van der Waals surface area contributed by atoms with Gasteiger partial charge in [-0.3, -0.25) is 4.57 Å². The van der Waals surface area contributed by atoms with Crippen LogP contribution in [0.1, 0.15) is 0 Å². The summed E-state index contributed by atoms with van der Waals surface area (Å²) in [5, 5.41) is 1.16. The van der Waals surface area contributed by atoms with E-state index < -0.39 is 7.37 Å². The molecule has 1 unspecified atom stereocenters. The van der Waals surface area contributed by atoms with Gasteiger partial charge in [0.1, 0.15) is 5.75 Å². The van der Waals surface area contributed by atoms with Gasteiger partial charge in [0.05, 0.1) is 24.8 Å². The van der Waals surface area contributed by atoms with Crippen molar-refractivity contribution < 1.29 is 18.6 Å². The topological polar surface area (TPSA) is 44.8 Å². The van der Waals surface area contributed by atoms with E-state index >= 15 is 0 Å². The predicted molar refractivity (Wildman–Crippen MR) is 99.9 cm³/mol. The van der Waals surface area contributed by atoms with Crippen LogP contribution in [-0.2, 0) is 4.57 Å². The second kappa shape index (κ2) is 7.45. The van der Waals surface area contributed by atoms with E-state index in [9.17, 15) is 4.57 Å². The summed E-state index contributed by atoms with van der Waals surface area (Å²) in [6.45, 7) is 0. The van der Waals surface area contributed by atoms with Gasteiger partial charge in [-0.25, -0.2) is 0 Å².